The van der Waals surface area contributed by atoms with Crippen LogP contribution in [0, 0.1) is 6.92 Å². The van der Waals surface area contributed by atoms with E-state index in [1.165, 1.54) is 11.5 Å². The Morgan fingerprint density at radius 1 is 1.30 bits per heavy atom. The molecule has 0 bridgehead atoms. The van der Waals surface area contributed by atoms with Gasteiger partial charge in [0.25, 0.3) is 5.91 Å². The molecule has 23 heavy (non-hydrogen) atoms. The Kier molecular flexibility index (Phi) is 5.70. The van der Waals surface area contributed by atoms with Crippen LogP contribution in [0.2, 0.25) is 0 Å². The highest BCUT2D eigenvalue weighted by Crippen LogP contribution is 2.24. The lowest BCUT2D eigenvalue weighted by molar-refractivity contribution is -0.129. The summed E-state index contributed by atoms with van der Waals surface area (Å²) in [4.78, 5) is 24.3. The van der Waals surface area contributed by atoms with Gasteiger partial charge in [-0.05, 0) is 30.9 Å². The Bertz CT molecular complexity index is 685. The molecule has 6 nitrogen and oxygen atoms in total. The molecule has 0 aliphatic heterocycles. The average molecular weight is 333 g/mol. The summed E-state index contributed by atoms with van der Waals surface area (Å²) >= 11 is 1.19. The van der Waals surface area contributed by atoms with Crippen molar-refractivity contribution in [1.29, 1.82) is 0 Å². The Morgan fingerprint density at radius 2 is 2.00 bits per heavy atom. The number of esters is 1. The van der Waals surface area contributed by atoms with E-state index in [0.29, 0.717) is 22.8 Å². The zero-order valence-corrected chi connectivity index (χ0v) is 14.1. The highest BCUT2D eigenvalue weighted by Gasteiger charge is 2.24. The zero-order chi connectivity index (χ0) is 16.8. The van der Waals surface area contributed by atoms with Gasteiger partial charge < -0.3 is 15.4 Å². The molecule has 0 radical (unpaired) electrons. The molecule has 0 unspecified atom stereocenters. The summed E-state index contributed by atoms with van der Waals surface area (Å²) in [6.07, 6.45) is -0.879. The molecule has 1 amide bonds. The number of anilines is 1. The number of aryl methyl sites for hydroxylation is 1. The summed E-state index contributed by atoms with van der Waals surface area (Å²) in [7, 11) is 1.71. The van der Waals surface area contributed by atoms with Crippen LogP contribution in [0.4, 0.5) is 5.00 Å². The van der Waals surface area contributed by atoms with Crippen LogP contribution in [0.5, 0.6) is 0 Å². The first kappa shape index (κ1) is 17.0. The smallest absolute Gasteiger partial charge is 0.343 e. The van der Waals surface area contributed by atoms with E-state index in [9.17, 15) is 9.59 Å². The third-order valence-electron chi connectivity index (χ3n) is 3.26. The minimum absolute atomic E-state index is 0.339. The normalized spacial score (nSPS) is 11.6. The van der Waals surface area contributed by atoms with Gasteiger partial charge >= 0.3 is 5.97 Å². The second-order valence-electron chi connectivity index (χ2n) is 4.97. The molecule has 7 heteroatoms. The highest BCUT2D eigenvalue weighted by molar-refractivity contribution is 7.10. The van der Waals surface area contributed by atoms with E-state index < -0.39 is 12.1 Å². The van der Waals surface area contributed by atoms with Gasteiger partial charge in [0, 0.05) is 13.6 Å². The van der Waals surface area contributed by atoms with Gasteiger partial charge in [0.1, 0.15) is 10.6 Å². The maximum absolute atomic E-state index is 12.2. The van der Waals surface area contributed by atoms with E-state index in [4.69, 9.17) is 4.74 Å². The van der Waals surface area contributed by atoms with Crippen molar-refractivity contribution in [1.82, 2.24) is 9.69 Å². The Balaban J connectivity index is 1.92. The van der Waals surface area contributed by atoms with Crippen LogP contribution in [0.3, 0.4) is 0 Å². The maximum atomic E-state index is 12.2. The number of aromatic nitrogens is 1. The Morgan fingerprint density at radius 3 is 2.65 bits per heavy atom. The second-order valence-corrected chi connectivity index (χ2v) is 5.75. The first-order chi connectivity index (χ1) is 11.0. The van der Waals surface area contributed by atoms with Crippen LogP contribution >= 0.6 is 11.5 Å². The van der Waals surface area contributed by atoms with Gasteiger partial charge in [-0.3, -0.25) is 4.79 Å². The average Bonchev–Trinajstić information content (AvgIpc) is 2.94. The molecule has 0 aliphatic carbocycles. The largest absolute Gasteiger partial charge is 0.449 e. The van der Waals surface area contributed by atoms with Crippen LogP contribution in [0.25, 0.3) is 0 Å². The standard InChI is InChI=1S/C16H19N3O3S/c1-10-13(15(17-3)23-19-10)16(21)22-11(2)14(20)18-9-12-7-5-4-6-8-12/h4-8,11,17H,9H2,1-3H3,(H,18,20)/t11-/m0/s1. The highest BCUT2D eigenvalue weighted by atomic mass is 32.1. The molecule has 0 saturated carbocycles. The molecular weight excluding hydrogens is 314 g/mol. The summed E-state index contributed by atoms with van der Waals surface area (Å²) < 4.78 is 9.36. The fourth-order valence-electron chi connectivity index (χ4n) is 1.98. The number of rotatable bonds is 6. The van der Waals surface area contributed by atoms with E-state index in [1.807, 2.05) is 30.3 Å². The molecule has 1 heterocycles. The minimum atomic E-state index is -0.879. The van der Waals surface area contributed by atoms with Gasteiger partial charge in [-0.2, -0.15) is 4.37 Å². The fourth-order valence-corrected chi connectivity index (χ4v) is 2.72. The van der Waals surface area contributed by atoms with E-state index in [2.05, 4.69) is 15.0 Å². The molecule has 1 atom stereocenters. The number of carbonyl (C=O) groups excluding carboxylic acids is 2. The summed E-state index contributed by atoms with van der Waals surface area (Å²) in [5.41, 5.74) is 1.94. The van der Waals surface area contributed by atoms with Gasteiger partial charge in [0.05, 0.1) is 5.69 Å². The van der Waals surface area contributed by atoms with Crippen LogP contribution in [0.1, 0.15) is 28.5 Å². The lowest BCUT2D eigenvalue weighted by atomic mass is 10.2. The summed E-state index contributed by atoms with van der Waals surface area (Å²) in [6.45, 7) is 3.67. The Labute approximate surface area is 139 Å². The molecule has 0 fully saturated rings. The van der Waals surface area contributed by atoms with Gasteiger partial charge in [-0.25, -0.2) is 4.79 Å². The monoisotopic (exact) mass is 333 g/mol. The second kappa shape index (κ2) is 7.73. The number of amides is 1. The van der Waals surface area contributed by atoms with Crippen molar-refractivity contribution in [2.45, 2.75) is 26.5 Å². The Hall–Kier alpha value is -2.41. The number of carbonyl (C=O) groups is 2. The van der Waals surface area contributed by atoms with Crippen molar-refractivity contribution in [3.63, 3.8) is 0 Å². The minimum Gasteiger partial charge on any atom is -0.449 e. The zero-order valence-electron chi connectivity index (χ0n) is 13.3. The van der Waals surface area contributed by atoms with E-state index in [-0.39, 0.29) is 5.91 Å². The van der Waals surface area contributed by atoms with Crippen molar-refractivity contribution in [2.75, 3.05) is 12.4 Å². The van der Waals surface area contributed by atoms with Crippen LogP contribution < -0.4 is 10.6 Å². The van der Waals surface area contributed by atoms with E-state index in [1.54, 1.807) is 20.9 Å². The van der Waals surface area contributed by atoms with E-state index in [0.717, 1.165) is 5.56 Å². The summed E-state index contributed by atoms with van der Waals surface area (Å²) in [6, 6.07) is 9.53. The first-order valence-corrected chi connectivity index (χ1v) is 7.97. The lowest BCUT2D eigenvalue weighted by Gasteiger charge is -2.14. The summed E-state index contributed by atoms with van der Waals surface area (Å²) in [5.74, 6) is -0.892. The number of nitrogens with zero attached hydrogens (tertiary/aromatic N) is 1. The molecule has 1 aromatic carbocycles. The third kappa shape index (κ3) is 4.29. The van der Waals surface area contributed by atoms with Crippen molar-refractivity contribution < 1.29 is 14.3 Å². The predicted molar refractivity (Wildman–Crippen MR) is 89.6 cm³/mol. The van der Waals surface area contributed by atoms with Crippen LogP contribution in [-0.2, 0) is 16.1 Å². The van der Waals surface area contributed by atoms with Crippen LogP contribution in [-0.4, -0.2) is 29.4 Å². The summed E-state index contributed by atoms with van der Waals surface area (Å²) in [5, 5.41) is 6.28. The topological polar surface area (TPSA) is 80.3 Å². The number of benzene rings is 1. The maximum Gasteiger partial charge on any atom is 0.343 e. The number of hydrogen-bond acceptors (Lipinski definition) is 6. The van der Waals surface area contributed by atoms with Gasteiger partial charge in [-0.15, -0.1) is 0 Å². The lowest BCUT2D eigenvalue weighted by Crippen LogP contribution is -2.35. The quantitative estimate of drug-likeness (QED) is 0.793. The molecule has 1 aromatic heterocycles. The molecule has 122 valence electrons. The van der Waals surface area contributed by atoms with E-state index >= 15 is 0 Å². The van der Waals surface area contributed by atoms with Crippen molar-refractivity contribution in [3.8, 4) is 0 Å². The van der Waals surface area contributed by atoms with Crippen molar-refractivity contribution in [3.05, 3.63) is 47.2 Å². The predicted octanol–water partition coefficient (Wildman–Crippen LogP) is 2.35. The molecule has 2 rings (SSSR count). The number of ether oxygens (including phenoxy) is 1. The molecule has 2 aromatic rings. The molecule has 0 saturated heterocycles. The molecular formula is C16H19N3O3S. The SMILES string of the molecule is CNc1snc(C)c1C(=O)O[C@@H](C)C(=O)NCc1ccccc1. The van der Waals surface area contributed by atoms with Crippen LogP contribution in [0.15, 0.2) is 30.3 Å². The molecule has 2 N–H and O–H groups in total. The molecule has 0 spiro atoms. The van der Waals surface area contributed by atoms with Crippen molar-refractivity contribution in [2.24, 2.45) is 0 Å². The van der Waals surface area contributed by atoms with Gasteiger partial charge in [0.15, 0.2) is 6.10 Å². The van der Waals surface area contributed by atoms with Gasteiger partial charge in [-0.1, -0.05) is 30.3 Å². The molecule has 0 aliphatic rings. The number of hydrogen-bond donors (Lipinski definition) is 2. The van der Waals surface area contributed by atoms with Crippen molar-refractivity contribution >= 4 is 28.4 Å². The van der Waals surface area contributed by atoms with Gasteiger partial charge in [0.2, 0.25) is 0 Å². The fraction of sp³-hybridized carbons (Fsp3) is 0.312. The first-order valence-electron chi connectivity index (χ1n) is 7.19. The third-order valence-corrected chi connectivity index (χ3v) is 4.21. The number of nitrogens with one attached hydrogen (secondary N) is 2.